The summed E-state index contributed by atoms with van der Waals surface area (Å²) in [5.74, 6) is -0.0733. The monoisotopic (exact) mass is 777 g/mol. The van der Waals surface area contributed by atoms with Gasteiger partial charge in [0.05, 0.1) is 34.5 Å². The zero-order valence-electron chi connectivity index (χ0n) is 31.4. The topological polar surface area (TPSA) is 158 Å². The number of piperidine rings is 1. The van der Waals surface area contributed by atoms with Crippen molar-refractivity contribution >= 4 is 44.8 Å². The number of aliphatic hydroxyl groups is 1. The number of carbonyl (C=O) groups excluding carboxylic acids is 2. The number of hydrogen-bond donors (Lipinski definition) is 3. The third kappa shape index (κ3) is 7.57. The molecule has 2 aromatic carbocycles. The molecule has 288 valence electrons. The molecular formula is C38H48ClN9O5S. The number of carbonyl (C=O) groups is 2. The number of nitrogens with one attached hydrogen (secondary N) is 2. The van der Waals surface area contributed by atoms with Gasteiger partial charge in [-0.15, -0.1) is 0 Å². The highest BCUT2D eigenvalue weighted by atomic mass is 35.5. The fraction of sp³-hybridized carbons (Fsp3) is 0.474. The number of imidazole rings is 2. The predicted octanol–water partition coefficient (Wildman–Crippen LogP) is 3.81. The SMILES string of the molecule is Cc1c(NC(=O)c2nc3c(n2C)CCN(CC(C)O)C3)cccc1-c1cccc(NC(=O)c2nc3c(n2C)CCN(C2CCN(S(C)(=O)=O)CC2)C3)c1Cl. The second kappa shape index (κ2) is 15.2. The Hall–Kier alpha value is -4.12. The Morgan fingerprint density at radius 2 is 1.43 bits per heavy atom. The van der Waals surface area contributed by atoms with Crippen LogP contribution in [0.25, 0.3) is 11.1 Å². The molecule has 0 bridgehead atoms. The van der Waals surface area contributed by atoms with Crippen LogP contribution in [0.5, 0.6) is 0 Å². The lowest BCUT2D eigenvalue weighted by atomic mass is 9.98. The highest BCUT2D eigenvalue weighted by Gasteiger charge is 2.33. The number of rotatable bonds is 9. The maximum Gasteiger partial charge on any atom is 0.291 e. The van der Waals surface area contributed by atoms with Crippen molar-refractivity contribution in [3.63, 3.8) is 0 Å². The van der Waals surface area contributed by atoms with E-state index in [1.807, 2.05) is 60.5 Å². The largest absolute Gasteiger partial charge is 0.392 e. The molecule has 5 heterocycles. The van der Waals surface area contributed by atoms with Crippen molar-refractivity contribution in [3.8, 4) is 11.1 Å². The van der Waals surface area contributed by atoms with Crippen LogP contribution < -0.4 is 10.6 Å². The fourth-order valence-electron chi connectivity index (χ4n) is 8.17. The van der Waals surface area contributed by atoms with Crippen LogP contribution in [0.2, 0.25) is 5.02 Å². The minimum absolute atomic E-state index is 0.265. The molecule has 1 unspecified atom stereocenters. The number of nitrogens with zero attached hydrogens (tertiary/aromatic N) is 7. The lowest BCUT2D eigenvalue weighted by molar-refractivity contribution is 0.100. The summed E-state index contributed by atoms with van der Waals surface area (Å²) in [6.07, 6.45) is 3.84. The number of halogens is 1. The van der Waals surface area contributed by atoms with Crippen molar-refractivity contribution in [1.29, 1.82) is 0 Å². The van der Waals surface area contributed by atoms with Crippen molar-refractivity contribution in [3.05, 3.63) is 81.4 Å². The Morgan fingerprint density at radius 1 is 0.870 bits per heavy atom. The van der Waals surface area contributed by atoms with Crippen molar-refractivity contribution in [2.24, 2.45) is 14.1 Å². The standard InChI is InChI=1S/C38H48ClN9O5S/c1-23(49)20-46-16-14-32-30(21-46)40-35(44(32)3)37(50)42-28-10-6-8-26(24(28)2)27-9-7-11-29(34(27)39)43-38(51)36-41-31-22-47(17-15-33(31)45(36)4)25-12-18-48(19-13-25)54(5,52)53/h6-11,23,25,49H,12-22H2,1-5H3,(H,42,50)(H,43,51). The Bertz CT molecular complexity index is 2210. The van der Waals surface area contributed by atoms with Crippen LogP contribution in [0.4, 0.5) is 11.4 Å². The summed E-state index contributed by atoms with van der Waals surface area (Å²) in [5, 5.41) is 16.2. The molecule has 1 atom stereocenters. The maximum atomic E-state index is 13.7. The van der Waals surface area contributed by atoms with Gasteiger partial charge in [-0.05, 0) is 49.9 Å². The molecular weight excluding hydrogens is 730 g/mol. The van der Waals surface area contributed by atoms with Gasteiger partial charge < -0.3 is 24.9 Å². The van der Waals surface area contributed by atoms with Crippen LogP contribution in [-0.2, 0) is 50.0 Å². The van der Waals surface area contributed by atoms with E-state index >= 15 is 0 Å². The summed E-state index contributed by atoms with van der Waals surface area (Å²) in [6.45, 7) is 8.06. The molecule has 1 fully saturated rings. The van der Waals surface area contributed by atoms with Gasteiger partial charge in [0.15, 0.2) is 11.6 Å². The third-order valence-corrected chi connectivity index (χ3v) is 12.8. The summed E-state index contributed by atoms with van der Waals surface area (Å²) in [7, 11) is 0.524. The lowest BCUT2D eigenvalue weighted by Gasteiger charge is -2.39. The molecule has 14 nitrogen and oxygen atoms in total. The van der Waals surface area contributed by atoms with Gasteiger partial charge in [-0.3, -0.25) is 19.4 Å². The van der Waals surface area contributed by atoms with Gasteiger partial charge in [0.1, 0.15) is 0 Å². The van der Waals surface area contributed by atoms with Crippen molar-refractivity contribution < 1.29 is 23.1 Å². The molecule has 3 aliphatic heterocycles. The molecule has 2 amide bonds. The molecule has 16 heteroatoms. The van der Waals surface area contributed by atoms with Crippen LogP contribution in [0.3, 0.4) is 0 Å². The predicted molar refractivity (Wildman–Crippen MR) is 208 cm³/mol. The highest BCUT2D eigenvalue weighted by Crippen LogP contribution is 2.38. The molecule has 7 rings (SSSR count). The second-order valence-corrected chi connectivity index (χ2v) is 17.1. The number of sulfonamides is 1. The van der Waals surface area contributed by atoms with E-state index < -0.39 is 16.1 Å². The first-order valence-electron chi connectivity index (χ1n) is 18.4. The first-order chi connectivity index (χ1) is 25.7. The van der Waals surface area contributed by atoms with Crippen LogP contribution in [0.1, 0.15) is 69.3 Å². The van der Waals surface area contributed by atoms with Gasteiger partial charge in [0.25, 0.3) is 11.8 Å². The second-order valence-electron chi connectivity index (χ2n) is 14.8. The van der Waals surface area contributed by atoms with E-state index in [4.69, 9.17) is 21.6 Å². The number of aliphatic hydroxyl groups excluding tert-OH is 1. The summed E-state index contributed by atoms with van der Waals surface area (Å²) in [4.78, 5) is 41.3. The summed E-state index contributed by atoms with van der Waals surface area (Å²) < 4.78 is 29.2. The van der Waals surface area contributed by atoms with E-state index in [0.29, 0.717) is 66.3 Å². The van der Waals surface area contributed by atoms with Crippen molar-refractivity contribution in [2.75, 3.05) is 49.6 Å². The molecule has 0 aliphatic carbocycles. The Balaban J connectivity index is 1.05. The molecule has 3 N–H and O–H groups in total. The molecule has 4 aromatic rings. The van der Waals surface area contributed by atoms with Crippen molar-refractivity contribution in [2.45, 2.75) is 64.8 Å². The Morgan fingerprint density at radius 3 is 2.04 bits per heavy atom. The van der Waals surface area contributed by atoms with Crippen molar-refractivity contribution in [1.82, 2.24) is 33.2 Å². The van der Waals surface area contributed by atoms with Crippen LogP contribution in [0, 0.1) is 6.92 Å². The van der Waals surface area contributed by atoms with Gasteiger partial charge in [-0.25, -0.2) is 22.7 Å². The van der Waals surface area contributed by atoms with E-state index in [0.717, 1.165) is 72.7 Å². The van der Waals surface area contributed by atoms with Crippen LogP contribution >= 0.6 is 11.6 Å². The van der Waals surface area contributed by atoms with E-state index in [2.05, 4.69) is 20.4 Å². The average Bonchev–Trinajstić information content (AvgIpc) is 3.65. The quantitative estimate of drug-likeness (QED) is 0.230. The molecule has 0 radical (unpaired) electrons. The minimum Gasteiger partial charge on any atom is -0.392 e. The van der Waals surface area contributed by atoms with E-state index in [1.165, 1.54) is 6.26 Å². The zero-order chi connectivity index (χ0) is 38.5. The maximum absolute atomic E-state index is 13.7. The number of anilines is 2. The van der Waals surface area contributed by atoms with Gasteiger partial charge in [0, 0.05) is 101 Å². The van der Waals surface area contributed by atoms with Crippen LogP contribution in [-0.4, -0.2) is 110 Å². The smallest absolute Gasteiger partial charge is 0.291 e. The Labute approximate surface area is 321 Å². The van der Waals surface area contributed by atoms with E-state index in [-0.39, 0.29) is 17.9 Å². The molecule has 2 aromatic heterocycles. The van der Waals surface area contributed by atoms with Gasteiger partial charge in [0.2, 0.25) is 10.0 Å². The molecule has 0 saturated carbocycles. The lowest BCUT2D eigenvalue weighted by Crippen LogP contribution is -2.47. The first kappa shape index (κ1) is 38.2. The van der Waals surface area contributed by atoms with E-state index in [1.54, 1.807) is 17.3 Å². The number of amides is 2. The normalized spacial score (nSPS) is 17.9. The number of aromatic nitrogens is 4. The summed E-state index contributed by atoms with van der Waals surface area (Å²) in [5.41, 5.74) is 7.12. The minimum atomic E-state index is -3.19. The molecule has 3 aliphatic rings. The van der Waals surface area contributed by atoms with Gasteiger partial charge >= 0.3 is 0 Å². The number of fused-ring (bicyclic) bond motifs is 2. The Kier molecular flexibility index (Phi) is 10.7. The van der Waals surface area contributed by atoms with Crippen LogP contribution in [0.15, 0.2) is 36.4 Å². The number of β-amino-alcohol motifs (C(OH)–C–C–N with tert-alkyl or cyclic N) is 1. The number of benzene rings is 2. The van der Waals surface area contributed by atoms with Gasteiger partial charge in [-0.2, -0.15) is 0 Å². The zero-order valence-corrected chi connectivity index (χ0v) is 33.0. The summed E-state index contributed by atoms with van der Waals surface area (Å²) >= 11 is 7.00. The summed E-state index contributed by atoms with van der Waals surface area (Å²) in [6, 6.07) is 11.4. The third-order valence-electron chi connectivity index (χ3n) is 11.1. The molecule has 54 heavy (non-hydrogen) atoms. The average molecular weight is 778 g/mol. The van der Waals surface area contributed by atoms with E-state index in [9.17, 15) is 23.1 Å². The first-order valence-corrected chi connectivity index (χ1v) is 20.6. The fourth-order valence-corrected chi connectivity index (χ4v) is 9.32. The molecule has 0 spiro atoms. The molecule has 1 saturated heterocycles. The number of hydrogen-bond acceptors (Lipinski definition) is 9. The van der Waals surface area contributed by atoms with Gasteiger partial charge in [-0.1, -0.05) is 35.9 Å². The highest BCUT2D eigenvalue weighted by molar-refractivity contribution is 7.88.